The lowest BCUT2D eigenvalue weighted by Crippen LogP contribution is -2.28. The van der Waals surface area contributed by atoms with Crippen molar-refractivity contribution in [3.8, 4) is 5.75 Å². The first-order valence-electron chi connectivity index (χ1n) is 6.21. The third kappa shape index (κ3) is 3.06. The molecule has 0 aromatic heterocycles. The molecule has 106 valence electrons. The van der Waals surface area contributed by atoms with E-state index in [1.165, 1.54) is 13.2 Å². The van der Waals surface area contributed by atoms with Gasteiger partial charge in [0.2, 0.25) is 0 Å². The predicted molar refractivity (Wildman–Crippen MR) is 70.9 cm³/mol. The molecule has 1 N–H and O–H groups in total. The maximum absolute atomic E-state index is 13.7. The molecular formula is C13H18FNO3S. The van der Waals surface area contributed by atoms with E-state index in [0.29, 0.717) is 12.1 Å². The minimum Gasteiger partial charge on any atom is -0.495 e. The number of rotatable bonds is 3. The van der Waals surface area contributed by atoms with Crippen LogP contribution in [-0.4, -0.2) is 34.9 Å². The van der Waals surface area contributed by atoms with E-state index in [2.05, 4.69) is 5.32 Å². The molecule has 2 rings (SSSR count). The monoisotopic (exact) mass is 287 g/mol. The fourth-order valence-electron chi connectivity index (χ4n) is 2.50. The number of ether oxygens (including phenoxy) is 1. The van der Waals surface area contributed by atoms with Gasteiger partial charge >= 0.3 is 0 Å². The van der Waals surface area contributed by atoms with Crippen LogP contribution in [-0.2, 0) is 9.84 Å². The van der Waals surface area contributed by atoms with Gasteiger partial charge in [-0.3, -0.25) is 0 Å². The Morgan fingerprint density at radius 1 is 1.42 bits per heavy atom. The van der Waals surface area contributed by atoms with Gasteiger partial charge in [-0.15, -0.1) is 0 Å². The molecule has 1 aromatic rings. The van der Waals surface area contributed by atoms with E-state index in [1.807, 2.05) is 0 Å². The Morgan fingerprint density at radius 2 is 2.16 bits per heavy atom. The summed E-state index contributed by atoms with van der Waals surface area (Å²) in [6, 6.07) is 2.40. The highest BCUT2D eigenvalue weighted by molar-refractivity contribution is 7.90. The smallest absolute Gasteiger partial charge is 0.179 e. The van der Waals surface area contributed by atoms with Gasteiger partial charge in [-0.05, 0) is 31.5 Å². The van der Waals surface area contributed by atoms with E-state index in [4.69, 9.17) is 4.74 Å². The van der Waals surface area contributed by atoms with Crippen molar-refractivity contribution in [2.45, 2.75) is 23.7 Å². The van der Waals surface area contributed by atoms with Crippen LogP contribution in [0.2, 0.25) is 0 Å². The minimum absolute atomic E-state index is 0.0735. The second-order valence-electron chi connectivity index (χ2n) is 4.84. The number of methoxy groups -OCH3 is 1. The van der Waals surface area contributed by atoms with Crippen molar-refractivity contribution in [3.63, 3.8) is 0 Å². The fourth-order valence-corrected chi connectivity index (χ4v) is 3.37. The summed E-state index contributed by atoms with van der Waals surface area (Å²) in [5.41, 5.74) is 0.634. The summed E-state index contributed by atoms with van der Waals surface area (Å²) in [5, 5.41) is 3.23. The highest BCUT2D eigenvalue weighted by Gasteiger charge is 2.25. The van der Waals surface area contributed by atoms with E-state index in [0.717, 1.165) is 31.7 Å². The topological polar surface area (TPSA) is 55.4 Å². The van der Waals surface area contributed by atoms with E-state index >= 15 is 0 Å². The summed E-state index contributed by atoms with van der Waals surface area (Å²) < 4.78 is 42.4. The van der Waals surface area contributed by atoms with Crippen molar-refractivity contribution in [1.29, 1.82) is 0 Å². The van der Waals surface area contributed by atoms with Crippen molar-refractivity contribution in [1.82, 2.24) is 5.32 Å². The molecule has 1 unspecified atom stereocenters. The maximum atomic E-state index is 13.7. The number of hydrogen-bond donors (Lipinski definition) is 1. The van der Waals surface area contributed by atoms with E-state index in [1.54, 1.807) is 0 Å². The normalized spacial score (nSPS) is 20.3. The Morgan fingerprint density at radius 3 is 2.68 bits per heavy atom. The van der Waals surface area contributed by atoms with Gasteiger partial charge in [0.05, 0.1) is 7.11 Å². The molecule has 19 heavy (non-hydrogen) atoms. The number of halogens is 1. The molecule has 0 radical (unpaired) electrons. The van der Waals surface area contributed by atoms with Crippen LogP contribution in [0.5, 0.6) is 5.75 Å². The lowest BCUT2D eigenvalue weighted by atomic mass is 9.91. The maximum Gasteiger partial charge on any atom is 0.179 e. The molecule has 1 aromatic carbocycles. The summed E-state index contributed by atoms with van der Waals surface area (Å²) in [7, 11) is -2.10. The molecule has 1 heterocycles. The van der Waals surface area contributed by atoms with Gasteiger partial charge < -0.3 is 10.1 Å². The third-order valence-electron chi connectivity index (χ3n) is 3.39. The van der Waals surface area contributed by atoms with Crippen LogP contribution in [0.4, 0.5) is 4.39 Å². The molecule has 0 amide bonds. The van der Waals surface area contributed by atoms with Crippen LogP contribution < -0.4 is 10.1 Å². The van der Waals surface area contributed by atoms with Gasteiger partial charge in [-0.25, -0.2) is 12.8 Å². The zero-order valence-corrected chi connectivity index (χ0v) is 11.9. The van der Waals surface area contributed by atoms with Crippen LogP contribution in [0.25, 0.3) is 0 Å². The molecular weight excluding hydrogens is 269 g/mol. The van der Waals surface area contributed by atoms with Crippen molar-refractivity contribution in [2.75, 3.05) is 26.5 Å². The lowest BCUT2D eigenvalue weighted by molar-refractivity contribution is 0.379. The Labute approximate surface area is 112 Å². The van der Waals surface area contributed by atoms with Crippen LogP contribution in [0, 0.1) is 5.82 Å². The standard InChI is InChI=1S/C13H18FNO3S/c1-18-13-11(9-4-3-5-15-8-9)6-10(14)7-12(13)19(2,16)17/h6-7,9,15H,3-5,8H2,1-2H3. The Hall–Kier alpha value is -1.14. The van der Waals surface area contributed by atoms with Gasteiger partial charge in [-0.1, -0.05) is 0 Å². The number of nitrogens with one attached hydrogen (secondary N) is 1. The van der Waals surface area contributed by atoms with E-state index < -0.39 is 15.7 Å². The first kappa shape index (κ1) is 14.3. The van der Waals surface area contributed by atoms with Crippen molar-refractivity contribution in [3.05, 3.63) is 23.5 Å². The Bertz CT molecular complexity index is 565. The van der Waals surface area contributed by atoms with Crippen molar-refractivity contribution >= 4 is 9.84 Å². The zero-order chi connectivity index (χ0) is 14.0. The quantitative estimate of drug-likeness (QED) is 0.919. The number of benzene rings is 1. The SMILES string of the molecule is COc1c(C2CCCNC2)cc(F)cc1S(C)(=O)=O. The third-order valence-corrected chi connectivity index (χ3v) is 4.49. The lowest BCUT2D eigenvalue weighted by Gasteiger charge is -2.25. The number of piperidine rings is 1. The molecule has 4 nitrogen and oxygen atoms in total. The molecule has 1 fully saturated rings. The highest BCUT2D eigenvalue weighted by Crippen LogP contribution is 2.36. The molecule has 0 saturated carbocycles. The molecule has 6 heteroatoms. The van der Waals surface area contributed by atoms with Gasteiger partial charge in [0.25, 0.3) is 0 Å². The Kier molecular flexibility index (Phi) is 4.10. The Balaban J connectivity index is 2.56. The van der Waals surface area contributed by atoms with Gasteiger partial charge in [0, 0.05) is 24.3 Å². The molecule has 0 spiro atoms. The van der Waals surface area contributed by atoms with Gasteiger partial charge in [0.1, 0.15) is 16.5 Å². The summed E-state index contributed by atoms with van der Waals surface area (Å²) in [4.78, 5) is -0.0735. The zero-order valence-electron chi connectivity index (χ0n) is 11.1. The second-order valence-corrected chi connectivity index (χ2v) is 6.83. The van der Waals surface area contributed by atoms with Crippen molar-refractivity contribution in [2.24, 2.45) is 0 Å². The molecule has 0 bridgehead atoms. The molecule has 1 aliphatic rings. The van der Waals surface area contributed by atoms with Crippen LogP contribution in [0.1, 0.15) is 24.3 Å². The second kappa shape index (κ2) is 5.46. The molecule has 0 aliphatic carbocycles. The summed E-state index contributed by atoms with van der Waals surface area (Å²) in [5.74, 6) is -0.181. The summed E-state index contributed by atoms with van der Waals surface area (Å²) >= 11 is 0. The largest absolute Gasteiger partial charge is 0.495 e. The summed E-state index contributed by atoms with van der Waals surface area (Å²) in [6.07, 6.45) is 2.95. The van der Waals surface area contributed by atoms with Gasteiger partial charge in [0.15, 0.2) is 9.84 Å². The molecule has 1 saturated heterocycles. The first-order chi connectivity index (χ1) is 8.93. The molecule has 1 aliphatic heterocycles. The number of hydrogen-bond acceptors (Lipinski definition) is 4. The van der Waals surface area contributed by atoms with E-state index in [9.17, 15) is 12.8 Å². The van der Waals surface area contributed by atoms with Crippen LogP contribution in [0.15, 0.2) is 17.0 Å². The van der Waals surface area contributed by atoms with Gasteiger partial charge in [-0.2, -0.15) is 0 Å². The van der Waals surface area contributed by atoms with Crippen LogP contribution >= 0.6 is 0 Å². The minimum atomic E-state index is -3.51. The summed E-state index contributed by atoms with van der Waals surface area (Å²) in [6.45, 7) is 1.65. The predicted octanol–water partition coefficient (Wildman–Crippen LogP) is 1.70. The average molecular weight is 287 g/mol. The first-order valence-corrected chi connectivity index (χ1v) is 8.11. The van der Waals surface area contributed by atoms with Crippen LogP contribution in [0.3, 0.4) is 0 Å². The highest BCUT2D eigenvalue weighted by atomic mass is 32.2. The fraction of sp³-hybridized carbons (Fsp3) is 0.538. The van der Waals surface area contributed by atoms with Crippen molar-refractivity contribution < 1.29 is 17.5 Å². The number of sulfone groups is 1. The average Bonchev–Trinajstić information content (AvgIpc) is 2.37. The molecule has 1 atom stereocenters. The van der Waals surface area contributed by atoms with E-state index in [-0.39, 0.29) is 16.6 Å².